The van der Waals surface area contributed by atoms with Crippen molar-refractivity contribution in [1.82, 2.24) is 29.5 Å². The van der Waals surface area contributed by atoms with Crippen LogP contribution in [0.15, 0.2) is 35.3 Å². The van der Waals surface area contributed by atoms with Crippen molar-refractivity contribution in [1.29, 1.82) is 0 Å². The predicted molar refractivity (Wildman–Crippen MR) is 119 cm³/mol. The first-order valence-corrected chi connectivity index (χ1v) is 10.9. The van der Waals surface area contributed by atoms with Crippen LogP contribution >= 0.6 is 11.6 Å². The molecule has 0 unspecified atom stereocenters. The first-order chi connectivity index (χ1) is 16.0. The molecule has 1 fully saturated rings. The number of hydrogen-bond donors (Lipinski definition) is 2. The molecule has 0 saturated carbocycles. The number of carbonyl (C=O) groups is 1. The number of rotatable bonds is 4. The third-order valence-electron chi connectivity index (χ3n) is 5.90. The lowest BCUT2D eigenvalue weighted by Crippen LogP contribution is -2.50. The smallest absolute Gasteiger partial charge is 0.348 e. The molecule has 2 N–H and O–H groups in total. The van der Waals surface area contributed by atoms with Gasteiger partial charge in [0, 0.05) is 45.0 Å². The van der Waals surface area contributed by atoms with Crippen LogP contribution in [0.4, 0.5) is 15.9 Å². The highest BCUT2D eigenvalue weighted by molar-refractivity contribution is 6.31. The standard InChI is InChI=1S/C21H21ClFN7O3/c22-14-10-16-17(11-15(14)23)30-20(25-26-21(30)33)13-2-1-3-24-19(13)29(16)18(32)12-28-6-4-27(5-7-28)8-9-31/h1-3,10-11,31H,4-9,12H2,(H,26,33). The molecule has 0 bridgehead atoms. The molecule has 3 aromatic rings. The van der Waals surface area contributed by atoms with Crippen molar-refractivity contribution in [2.75, 3.05) is 50.8 Å². The molecule has 0 atom stereocenters. The van der Waals surface area contributed by atoms with E-state index in [9.17, 15) is 14.0 Å². The Kier molecular flexibility index (Phi) is 5.71. The highest BCUT2D eigenvalue weighted by atomic mass is 35.5. The second-order valence-corrected chi connectivity index (χ2v) is 8.30. The number of nitrogens with zero attached hydrogens (tertiary/aromatic N) is 6. The number of anilines is 2. The number of β-amino-alcohol motifs (C(OH)–C–C–N with tert-alkyl or cyclic N) is 1. The number of carbonyl (C=O) groups excluding carboxylic acids is 1. The zero-order chi connectivity index (χ0) is 23.1. The lowest BCUT2D eigenvalue weighted by atomic mass is 10.2. The fraction of sp³-hybridized carbons (Fsp3) is 0.333. The second-order valence-electron chi connectivity index (χ2n) is 7.89. The molecule has 2 aromatic heterocycles. The first-order valence-electron chi connectivity index (χ1n) is 10.5. The number of amides is 1. The summed E-state index contributed by atoms with van der Waals surface area (Å²) in [5.41, 5.74) is 0.263. The number of H-pyrrole nitrogens is 1. The van der Waals surface area contributed by atoms with Crippen molar-refractivity contribution in [3.8, 4) is 17.1 Å². The largest absolute Gasteiger partial charge is 0.395 e. The Morgan fingerprint density at radius 2 is 1.94 bits per heavy atom. The molecule has 1 aromatic carbocycles. The fourth-order valence-corrected chi connectivity index (χ4v) is 4.43. The van der Waals surface area contributed by atoms with E-state index in [0.29, 0.717) is 25.2 Å². The van der Waals surface area contributed by atoms with Gasteiger partial charge in [-0.1, -0.05) is 11.6 Å². The Bertz CT molecular complexity index is 1270. The van der Waals surface area contributed by atoms with Gasteiger partial charge in [0.15, 0.2) is 11.6 Å². The minimum Gasteiger partial charge on any atom is -0.395 e. The number of aromatic nitrogens is 4. The number of hydrogen-bond acceptors (Lipinski definition) is 7. The summed E-state index contributed by atoms with van der Waals surface area (Å²) in [6.07, 6.45) is 1.54. The maximum atomic E-state index is 14.5. The third-order valence-corrected chi connectivity index (χ3v) is 6.19. The molecule has 4 heterocycles. The van der Waals surface area contributed by atoms with Crippen molar-refractivity contribution in [3.63, 3.8) is 0 Å². The van der Waals surface area contributed by atoms with Crippen LogP contribution in [0.1, 0.15) is 0 Å². The molecule has 12 heteroatoms. The number of halogens is 2. The molecule has 1 amide bonds. The number of benzene rings is 1. The van der Waals surface area contributed by atoms with Crippen molar-refractivity contribution in [3.05, 3.63) is 51.8 Å². The van der Waals surface area contributed by atoms with E-state index in [4.69, 9.17) is 16.7 Å². The summed E-state index contributed by atoms with van der Waals surface area (Å²) in [5, 5.41) is 15.4. The monoisotopic (exact) mass is 473 g/mol. The fourth-order valence-electron chi connectivity index (χ4n) is 4.28. The number of aliphatic hydroxyl groups is 1. The lowest BCUT2D eigenvalue weighted by Gasteiger charge is -2.35. The Morgan fingerprint density at radius 1 is 1.18 bits per heavy atom. The zero-order valence-corrected chi connectivity index (χ0v) is 18.3. The highest BCUT2D eigenvalue weighted by Crippen LogP contribution is 2.41. The van der Waals surface area contributed by atoms with Gasteiger partial charge in [0.05, 0.1) is 35.1 Å². The SMILES string of the molecule is O=C(CN1CCN(CCO)CC1)N1c2cc(Cl)c(F)cc2-n2c(n[nH]c2=O)-c2cccnc21. The van der Waals surface area contributed by atoms with Gasteiger partial charge in [-0.05, 0) is 18.2 Å². The summed E-state index contributed by atoms with van der Waals surface area (Å²) in [6.45, 7) is 3.58. The Hall–Kier alpha value is -3.12. The van der Waals surface area contributed by atoms with Crippen LogP contribution in [0.3, 0.4) is 0 Å². The van der Waals surface area contributed by atoms with Crippen molar-refractivity contribution in [2.24, 2.45) is 0 Å². The van der Waals surface area contributed by atoms with Gasteiger partial charge in [0.25, 0.3) is 0 Å². The summed E-state index contributed by atoms with van der Waals surface area (Å²) in [5.74, 6) is -0.514. The molecule has 0 aliphatic carbocycles. The van der Waals surface area contributed by atoms with E-state index >= 15 is 0 Å². The number of piperazine rings is 1. The number of fused-ring (bicyclic) bond motifs is 5. The van der Waals surface area contributed by atoms with E-state index in [1.165, 1.54) is 21.7 Å². The number of nitrogens with one attached hydrogen (secondary N) is 1. The molecule has 1 saturated heterocycles. The van der Waals surface area contributed by atoms with E-state index in [0.717, 1.165) is 19.2 Å². The number of aliphatic hydroxyl groups excluding tert-OH is 1. The van der Waals surface area contributed by atoms with Crippen LogP contribution in [0.2, 0.25) is 5.02 Å². The minimum atomic E-state index is -0.721. The number of pyridine rings is 1. The van der Waals surface area contributed by atoms with Gasteiger partial charge < -0.3 is 5.11 Å². The maximum absolute atomic E-state index is 14.5. The van der Waals surface area contributed by atoms with Crippen molar-refractivity contribution >= 4 is 29.0 Å². The first kappa shape index (κ1) is 21.7. The second kappa shape index (κ2) is 8.67. The average Bonchev–Trinajstić information content (AvgIpc) is 3.13. The van der Waals surface area contributed by atoms with E-state index in [-0.39, 0.29) is 47.1 Å². The van der Waals surface area contributed by atoms with Gasteiger partial charge in [0.2, 0.25) is 5.91 Å². The third kappa shape index (κ3) is 3.82. The summed E-state index contributed by atoms with van der Waals surface area (Å²) in [7, 11) is 0. The van der Waals surface area contributed by atoms with Crippen molar-refractivity contribution < 1.29 is 14.3 Å². The van der Waals surface area contributed by atoms with Crippen LogP contribution in [0, 0.1) is 5.82 Å². The zero-order valence-electron chi connectivity index (χ0n) is 17.5. The van der Waals surface area contributed by atoms with Gasteiger partial charge in [-0.2, -0.15) is 5.10 Å². The molecular formula is C21H21ClFN7O3. The van der Waals surface area contributed by atoms with Crippen LogP contribution in [-0.2, 0) is 4.79 Å². The van der Waals surface area contributed by atoms with Gasteiger partial charge in [-0.15, -0.1) is 0 Å². The predicted octanol–water partition coefficient (Wildman–Crippen LogP) is 1.00. The molecule has 0 radical (unpaired) electrons. The lowest BCUT2D eigenvalue weighted by molar-refractivity contribution is -0.119. The number of aromatic amines is 1. The molecule has 33 heavy (non-hydrogen) atoms. The Balaban J connectivity index is 1.58. The van der Waals surface area contributed by atoms with Gasteiger partial charge in [-0.25, -0.2) is 23.8 Å². The van der Waals surface area contributed by atoms with Gasteiger partial charge in [-0.3, -0.25) is 19.5 Å². The summed E-state index contributed by atoms with van der Waals surface area (Å²) < 4.78 is 15.7. The Labute approximate surface area is 192 Å². The van der Waals surface area contributed by atoms with Crippen LogP contribution in [0.5, 0.6) is 0 Å². The van der Waals surface area contributed by atoms with E-state index in [2.05, 4.69) is 20.1 Å². The average molecular weight is 474 g/mol. The Morgan fingerprint density at radius 3 is 2.70 bits per heavy atom. The molecule has 5 rings (SSSR count). The van der Waals surface area contributed by atoms with Crippen LogP contribution < -0.4 is 10.6 Å². The highest BCUT2D eigenvalue weighted by Gasteiger charge is 2.34. The molecular weight excluding hydrogens is 453 g/mol. The van der Waals surface area contributed by atoms with Crippen molar-refractivity contribution in [2.45, 2.75) is 0 Å². The maximum Gasteiger partial charge on any atom is 0.348 e. The van der Waals surface area contributed by atoms with Gasteiger partial charge in [0.1, 0.15) is 5.82 Å². The van der Waals surface area contributed by atoms with Crippen LogP contribution in [0.25, 0.3) is 17.1 Å². The molecule has 0 spiro atoms. The summed E-state index contributed by atoms with van der Waals surface area (Å²) >= 11 is 6.09. The molecule has 2 aliphatic heterocycles. The molecule has 10 nitrogen and oxygen atoms in total. The quantitative estimate of drug-likeness (QED) is 0.581. The normalized spacial score (nSPS) is 16.2. The summed E-state index contributed by atoms with van der Waals surface area (Å²) in [4.78, 5) is 36.2. The minimum absolute atomic E-state index is 0.0933. The van der Waals surface area contributed by atoms with E-state index in [1.807, 2.05) is 4.90 Å². The van der Waals surface area contributed by atoms with Gasteiger partial charge >= 0.3 is 5.69 Å². The summed E-state index contributed by atoms with van der Waals surface area (Å²) in [6, 6.07) is 5.83. The van der Waals surface area contributed by atoms with E-state index < -0.39 is 11.5 Å². The molecule has 2 aliphatic rings. The molecule has 172 valence electrons. The van der Waals surface area contributed by atoms with Crippen LogP contribution in [-0.4, -0.2) is 86.4 Å². The van der Waals surface area contributed by atoms with E-state index in [1.54, 1.807) is 12.1 Å². The topological polar surface area (TPSA) is 111 Å².